The van der Waals surface area contributed by atoms with Crippen LogP contribution in [0, 0.1) is 5.41 Å². The van der Waals surface area contributed by atoms with E-state index in [4.69, 9.17) is 4.74 Å². The van der Waals surface area contributed by atoms with Crippen molar-refractivity contribution in [2.24, 2.45) is 5.41 Å². The van der Waals surface area contributed by atoms with Crippen molar-refractivity contribution in [1.82, 2.24) is 0 Å². The van der Waals surface area contributed by atoms with E-state index in [0.717, 1.165) is 37.6 Å². The molecule has 0 atom stereocenters. The van der Waals surface area contributed by atoms with E-state index in [1.807, 2.05) is 6.07 Å². The number of benzene rings is 1. The van der Waals surface area contributed by atoms with Crippen molar-refractivity contribution in [2.75, 3.05) is 31.2 Å². The monoisotopic (exact) mass is 367 g/mol. The first kappa shape index (κ1) is 17.5. The third-order valence-electron chi connectivity index (χ3n) is 5.12. The van der Waals surface area contributed by atoms with Crippen molar-refractivity contribution in [3.05, 3.63) is 51.9 Å². The molecular weight excluding hydrogens is 342 g/mol. The lowest BCUT2D eigenvalue weighted by Gasteiger charge is -2.29. The second kappa shape index (κ2) is 7.01. The van der Waals surface area contributed by atoms with Gasteiger partial charge in [-0.25, -0.2) is 0 Å². The Hall–Kier alpha value is -1.91. The minimum absolute atomic E-state index is 0.0305. The van der Waals surface area contributed by atoms with Crippen LogP contribution < -0.4 is 4.90 Å². The van der Waals surface area contributed by atoms with Crippen molar-refractivity contribution in [2.45, 2.75) is 26.7 Å². The zero-order chi connectivity index (χ0) is 18.1. The average molecular weight is 368 g/mol. The summed E-state index contributed by atoms with van der Waals surface area (Å²) in [5, 5.41) is 1.23. The first-order valence-corrected chi connectivity index (χ1v) is 10.1. The summed E-state index contributed by atoms with van der Waals surface area (Å²) < 4.78 is 5.52. The van der Waals surface area contributed by atoms with Gasteiger partial charge in [-0.05, 0) is 23.0 Å². The quantitative estimate of drug-likeness (QED) is 0.772. The number of hydrogen-bond donors (Lipinski definition) is 0. The Morgan fingerprint density at radius 2 is 1.81 bits per heavy atom. The predicted molar refractivity (Wildman–Crippen MR) is 109 cm³/mol. The van der Waals surface area contributed by atoms with E-state index in [9.17, 15) is 4.79 Å². The van der Waals surface area contributed by atoms with Crippen LogP contribution in [0.4, 0.5) is 5.00 Å². The molecular formula is C22H25NO2S. The molecule has 0 unspecified atom stereocenters. The Balaban J connectivity index is 1.78. The van der Waals surface area contributed by atoms with E-state index in [-0.39, 0.29) is 5.41 Å². The first-order valence-electron chi connectivity index (χ1n) is 9.28. The SMILES string of the molecule is CC1(C)CC(=O)c2sc(N3CCOCC3)c(C=Cc3ccccc3)c2C1. The molecule has 4 rings (SSSR count). The molecule has 2 aliphatic rings. The van der Waals surface area contributed by atoms with Crippen LogP contribution >= 0.6 is 11.3 Å². The maximum absolute atomic E-state index is 12.8. The Kier molecular flexibility index (Phi) is 4.72. The zero-order valence-electron chi connectivity index (χ0n) is 15.5. The molecule has 0 spiro atoms. The van der Waals surface area contributed by atoms with Gasteiger partial charge in [0.15, 0.2) is 5.78 Å². The highest BCUT2D eigenvalue weighted by Crippen LogP contribution is 2.45. The summed E-state index contributed by atoms with van der Waals surface area (Å²) in [6, 6.07) is 10.4. The molecule has 0 amide bonds. The molecule has 0 saturated carbocycles. The molecule has 1 aromatic carbocycles. The van der Waals surface area contributed by atoms with Crippen LogP contribution in [0.15, 0.2) is 30.3 Å². The summed E-state index contributed by atoms with van der Waals surface area (Å²) in [5.41, 5.74) is 3.69. The van der Waals surface area contributed by atoms with Crippen molar-refractivity contribution in [3.8, 4) is 0 Å². The summed E-state index contributed by atoms with van der Waals surface area (Å²) in [5.74, 6) is 0.301. The Morgan fingerprint density at radius 1 is 1.08 bits per heavy atom. The summed E-state index contributed by atoms with van der Waals surface area (Å²) in [6.45, 7) is 7.69. The minimum atomic E-state index is 0.0305. The van der Waals surface area contributed by atoms with Crippen LogP contribution in [0.5, 0.6) is 0 Å². The van der Waals surface area contributed by atoms with E-state index >= 15 is 0 Å². The molecule has 0 bridgehead atoms. The number of hydrogen-bond acceptors (Lipinski definition) is 4. The largest absolute Gasteiger partial charge is 0.378 e. The van der Waals surface area contributed by atoms with Crippen molar-refractivity contribution in [1.29, 1.82) is 0 Å². The average Bonchev–Trinajstić information content (AvgIpc) is 2.99. The third kappa shape index (κ3) is 3.49. The molecule has 136 valence electrons. The van der Waals surface area contributed by atoms with E-state index in [1.54, 1.807) is 11.3 Å². The number of anilines is 1. The highest BCUT2D eigenvalue weighted by Gasteiger charge is 2.35. The molecule has 26 heavy (non-hydrogen) atoms. The summed E-state index contributed by atoms with van der Waals surface area (Å²) in [7, 11) is 0. The molecule has 3 nitrogen and oxygen atoms in total. The van der Waals surface area contributed by atoms with Crippen LogP contribution in [-0.2, 0) is 11.2 Å². The first-order chi connectivity index (χ1) is 12.5. The second-order valence-electron chi connectivity index (χ2n) is 7.91. The van der Waals surface area contributed by atoms with Crippen molar-refractivity contribution >= 4 is 34.3 Å². The Labute approximate surface area is 159 Å². The number of ketones is 1. The number of rotatable bonds is 3. The van der Waals surface area contributed by atoms with Crippen molar-refractivity contribution < 1.29 is 9.53 Å². The molecule has 1 fully saturated rings. The lowest BCUT2D eigenvalue weighted by molar-refractivity contribution is 0.0917. The summed E-state index contributed by atoms with van der Waals surface area (Å²) in [6.07, 6.45) is 5.98. The standard InChI is InChI=1S/C22H25NO2S/c1-22(2)14-18-17(9-8-16-6-4-3-5-7-16)21(23-10-12-25-13-11-23)26-20(18)19(24)15-22/h3-9H,10-15H2,1-2H3. The Morgan fingerprint density at radius 3 is 2.54 bits per heavy atom. The molecule has 2 heterocycles. The molecule has 1 aromatic heterocycles. The maximum atomic E-state index is 12.8. The summed E-state index contributed by atoms with van der Waals surface area (Å²) >= 11 is 1.68. The number of morpholine rings is 1. The number of carbonyl (C=O) groups is 1. The van der Waals surface area contributed by atoms with Gasteiger partial charge in [0.25, 0.3) is 0 Å². The third-order valence-corrected chi connectivity index (χ3v) is 6.47. The predicted octanol–water partition coefficient (Wildman–Crippen LogP) is 4.91. The van der Waals surface area contributed by atoms with Gasteiger partial charge >= 0.3 is 0 Å². The van der Waals surface area contributed by atoms with Gasteiger partial charge in [-0.2, -0.15) is 0 Å². The van der Waals surface area contributed by atoms with E-state index in [2.05, 4.69) is 55.2 Å². The van der Waals surface area contributed by atoms with Gasteiger partial charge in [-0.3, -0.25) is 4.79 Å². The molecule has 4 heteroatoms. The Bertz CT molecular complexity index is 829. The van der Waals surface area contributed by atoms with Crippen molar-refractivity contribution in [3.63, 3.8) is 0 Å². The van der Waals surface area contributed by atoms with Gasteiger partial charge in [0.1, 0.15) is 0 Å². The second-order valence-corrected chi connectivity index (χ2v) is 8.91. The number of Topliss-reactive ketones (excluding diaryl/α,β-unsaturated/α-hetero) is 1. The van der Waals surface area contributed by atoms with Crippen LogP contribution in [0.2, 0.25) is 0 Å². The van der Waals surface area contributed by atoms with E-state index in [1.165, 1.54) is 21.7 Å². The molecule has 2 aromatic rings. The molecule has 1 aliphatic heterocycles. The van der Waals surface area contributed by atoms with Crippen LogP contribution in [-0.4, -0.2) is 32.1 Å². The number of nitrogens with zero attached hydrogens (tertiary/aromatic N) is 1. The number of thiophene rings is 1. The fourth-order valence-electron chi connectivity index (χ4n) is 3.84. The smallest absolute Gasteiger partial charge is 0.173 e. The van der Waals surface area contributed by atoms with Gasteiger partial charge in [0.05, 0.1) is 23.1 Å². The van der Waals surface area contributed by atoms with Gasteiger partial charge < -0.3 is 9.64 Å². The van der Waals surface area contributed by atoms with E-state index in [0.29, 0.717) is 12.2 Å². The number of ether oxygens (including phenoxy) is 1. The normalized spacial score (nSPS) is 19.8. The maximum Gasteiger partial charge on any atom is 0.173 e. The fraction of sp³-hybridized carbons (Fsp3) is 0.409. The van der Waals surface area contributed by atoms with Gasteiger partial charge in [-0.15, -0.1) is 11.3 Å². The lowest BCUT2D eigenvalue weighted by Crippen LogP contribution is -2.36. The topological polar surface area (TPSA) is 29.5 Å². The van der Waals surface area contributed by atoms with Gasteiger partial charge in [-0.1, -0.05) is 56.3 Å². The molecule has 1 aliphatic carbocycles. The van der Waals surface area contributed by atoms with Gasteiger partial charge in [0.2, 0.25) is 0 Å². The zero-order valence-corrected chi connectivity index (χ0v) is 16.3. The number of fused-ring (bicyclic) bond motifs is 1. The van der Waals surface area contributed by atoms with Gasteiger partial charge in [0, 0.05) is 25.1 Å². The fourth-order valence-corrected chi connectivity index (χ4v) is 5.14. The minimum Gasteiger partial charge on any atom is -0.378 e. The number of carbonyl (C=O) groups excluding carboxylic acids is 1. The van der Waals surface area contributed by atoms with Crippen LogP contribution in [0.25, 0.3) is 12.2 Å². The van der Waals surface area contributed by atoms with Crippen LogP contribution in [0.1, 0.15) is 46.6 Å². The lowest BCUT2D eigenvalue weighted by atomic mass is 9.75. The van der Waals surface area contributed by atoms with Crippen LogP contribution in [0.3, 0.4) is 0 Å². The summed E-state index contributed by atoms with van der Waals surface area (Å²) in [4.78, 5) is 16.1. The molecule has 1 saturated heterocycles. The highest BCUT2D eigenvalue weighted by atomic mass is 32.1. The molecule has 0 radical (unpaired) electrons. The molecule has 0 N–H and O–H groups in total. The highest BCUT2D eigenvalue weighted by molar-refractivity contribution is 7.18. The van der Waals surface area contributed by atoms with E-state index < -0.39 is 0 Å².